The van der Waals surface area contributed by atoms with Gasteiger partial charge in [0.25, 0.3) is 5.91 Å². The second-order valence-electron chi connectivity index (χ2n) is 6.32. The molecular weight excluding hydrogens is 400 g/mol. The van der Waals surface area contributed by atoms with Crippen LogP contribution in [0.3, 0.4) is 0 Å². The van der Waals surface area contributed by atoms with Gasteiger partial charge in [-0.25, -0.2) is 9.59 Å². The van der Waals surface area contributed by atoms with Gasteiger partial charge in [0.15, 0.2) is 6.61 Å². The lowest BCUT2D eigenvalue weighted by atomic mass is 10.1. The zero-order chi connectivity index (χ0) is 19.9. The van der Waals surface area contributed by atoms with Crippen molar-refractivity contribution in [3.05, 3.63) is 64.7 Å². The minimum atomic E-state index is -0.666. The summed E-state index contributed by atoms with van der Waals surface area (Å²) in [6, 6.07) is 14.1. The molecule has 2 aromatic rings. The SMILES string of the molecule is O=C(COC(=O)c1cccc(CSc2ccc(Cl)cc2)c1)NC(=O)NC1CC1. The first-order valence-corrected chi connectivity index (χ1v) is 10.1. The molecule has 0 atom stereocenters. The van der Waals surface area contributed by atoms with Crippen LogP contribution in [0.15, 0.2) is 53.4 Å². The van der Waals surface area contributed by atoms with Crippen LogP contribution >= 0.6 is 23.4 Å². The van der Waals surface area contributed by atoms with Crippen molar-refractivity contribution in [1.29, 1.82) is 0 Å². The number of carbonyl (C=O) groups is 3. The molecular formula is C20H19ClN2O4S. The van der Waals surface area contributed by atoms with E-state index >= 15 is 0 Å². The van der Waals surface area contributed by atoms with E-state index in [2.05, 4.69) is 10.6 Å². The highest BCUT2D eigenvalue weighted by Gasteiger charge is 2.24. The molecule has 28 heavy (non-hydrogen) atoms. The van der Waals surface area contributed by atoms with Crippen LogP contribution in [-0.4, -0.2) is 30.6 Å². The summed E-state index contributed by atoms with van der Waals surface area (Å²) in [5.74, 6) is -0.609. The number of imide groups is 1. The third-order valence-electron chi connectivity index (χ3n) is 3.88. The number of carbonyl (C=O) groups excluding carboxylic acids is 3. The maximum Gasteiger partial charge on any atom is 0.338 e. The molecule has 0 aromatic heterocycles. The summed E-state index contributed by atoms with van der Waals surface area (Å²) in [4.78, 5) is 36.4. The van der Waals surface area contributed by atoms with Crippen LogP contribution in [0.4, 0.5) is 4.79 Å². The monoisotopic (exact) mass is 418 g/mol. The molecule has 1 aliphatic carbocycles. The van der Waals surface area contributed by atoms with Gasteiger partial charge < -0.3 is 10.1 Å². The smallest absolute Gasteiger partial charge is 0.338 e. The lowest BCUT2D eigenvalue weighted by Crippen LogP contribution is -2.42. The van der Waals surface area contributed by atoms with Crippen LogP contribution in [0.1, 0.15) is 28.8 Å². The maximum absolute atomic E-state index is 12.2. The number of hydrogen-bond acceptors (Lipinski definition) is 5. The fraction of sp³-hybridized carbons (Fsp3) is 0.250. The zero-order valence-electron chi connectivity index (χ0n) is 14.9. The number of ether oxygens (including phenoxy) is 1. The predicted molar refractivity (Wildman–Crippen MR) is 107 cm³/mol. The number of esters is 1. The van der Waals surface area contributed by atoms with Gasteiger partial charge in [-0.1, -0.05) is 23.7 Å². The topological polar surface area (TPSA) is 84.5 Å². The number of halogens is 1. The van der Waals surface area contributed by atoms with Crippen molar-refractivity contribution in [3.8, 4) is 0 Å². The van der Waals surface area contributed by atoms with Crippen LogP contribution in [0.25, 0.3) is 0 Å². The molecule has 1 saturated carbocycles. The Morgan fingerprint density at radius 1 is 1.11 bits per heavy atom. The van der Waals surface area contributed by atoms with E-state index in [4.69, 9.17) is 16.3 Å². The van der Waals surface area contributed by atoms with Gasteiger partial charge in [-0.15, -0.1) is 11.8 Å². The Kier molecular flexibility index (Phi) is 6.95. The van der Waals surface area contributed by atoms with Gasteiger partial charge in [0.05, 0.1) is 5.56 Å². The van der Waals surface area contributed by atoms with Crippen molar-refractivity contribution in [2.75, 3.05) is 6.61 Å². The summed E-state index contributed by atoms with van der Waals surface area (Å²) < 4.78 is 4.99. The first-order chi connectivity index (χ1) is 13.5. The van der Waals surface area contributed by atoms with E-state index in [1.165, 1.54) is 0 Å². The Labute approximate surface area is 172 Å². The molecule has 2 aromatic carbocycles. The number of thioether (sulfide) groups is 1. The molecule has 146 valence electrons. The Bertz CT molecular complexity index is 869. The molecule has 0 aliphatic heterocycles. The highest BCUT2D eigenvalue weighted by Crippen LogP contribution is 2.24. The molecule has 2 N–H and O–H groups in total. The lowest BCUT2D eigenvalue weighted by molar-refractivity contribution is -0.123. The normalized spacial score (nSPS) is 12.9. The number of benzene rings is 2. The Morgan fingerprint density at radius 3 is 2.57 bits per heavy atom. The van der Waals surface area contributed by atoms with Crippen molar-refractivity contribution >= 4 is 41.3 Å². The van der Waals surface area contributed by atoms with E-state index in [1.807, 2.05) is 30.3 Å². The number of rotatable bonds is 7. The second kappa shape index (κ2) is 9.61. The largest absolute Gasteiger partial charge is 0.452 e. The van der Waals surface area contributed by atoms with Gasteiger partial charge >= 0.3 is 12.0 Å². The summed E-state index contributed by atoms with van der Waals surface area (Å²) in [5, 5.41) is 5.44. The number of hydrogen-bond donors (Lipinski definition) is 2. The molecule has 0 unspecified atom stereocenters. The molecule has 1 fully saturated rings. The van der Waals surface area contributed by atoms with Crippen molar-refractivity contribution in [3.63, 3.8) is 0 Å². The highest BCUT2D eigenvalue weighted by atomic mass is 35.5. The number of amides is 3. The predicted octanol–water partition coefficient (Wildman–Crippen LogP) is 3.78. The van der Waals surface area contributed by atoms with Gasteiger partial charge in [-0.2, -0.15) is 0 Å². The third-order valence-corrected chi connectivity index (χ3v) is 5.22. The van der Waals surface area contributed by atoms with Gasteiger partial charge in [-0.05, 0) is 54.8 Å². The van der Waals surface area contributed by atoms with Gasteiger partial charge in [0.2, 0.25) is 0 Å². The molecule has 0 heterocycles. The fourth-order valence-corrected chi connectivity index (χ4v) is 3.28. The molecule has 0 radical (unpaired) electrons. The van der Waals surface area contributed by atoms with Crippen LogP contribution in [0, 0.1) is 0 Å². The minimum absolute atomic E-state index is 0.142. The number of nitrogens with one attached hydrogen (secondary N) is 2. The van der Waals surface area contributed by atoms with E-state index in [0.717, 1.165) is 23.3 Å². The summed E-state index contributed by atoms with van der Waals surface area (Å²) >= 11 is 7.50. The van der Waals surface area contributed by atoms with E-state index in [-0.39, 0.29) is 6.04 Å². The van der Waals surface area contributed by atoms with Gasteiger partial charge in [-0.3, -0.25) is 10.1 Å². The Hall–Kier alpha value is -2.51. The fourth-order valence-electron chi connectivity index (χ4n) is 2.31. The molecule has 0 saturated heterocycles. The molecule has 8 heteroatoms. The van der Waals surface area contributed by atoms with E-state index in [9.17, 15) is 14.4 Å². The average Bonchev–Trinajstić information content (AvgIpc) is 3.49. The standard InChI is InChI=1S/C20H19ClN2O4S/c21-15-4-8-17(9-5-15)28-12-13-2-1-3-14(10-13)19(25)27-11-18(24)23-20(26)22-16-6-7-16/h1-5,8-10,16H,6-7,11-12H2,(H2,22,23,24,26). The summed E-state index contributed by atoms with van der Waals surface area (Å²) in [7, 11) is 0. The van der Waals surface area contributed by atoms with Crippen molar-refractivity contribution < 1.29 is 19.1 Å². The van der Waals surface area contributed by atoms with Crippen molar-refractivity contribution in [1.82, 2.24) is 10.6 Å². The summed E-state index contributed by atoms with van der Waals surface area (Å²) in [5.41, 5.74) is 1.30. The van der Waals surface area contributed by atoms with Crippen molar-refractivity contribution in [2.45, 2.75) is 29.5 Å². The molecule has 6 nitrogen and oxygen atoms in total. The third kappa shape index (κ3) is 6.58. The average molecular weight is 419 g/mol. The maximum atomic E-state index is 12.2. The second-order valence-corrected chi connectivity index (χ2v) is 7.80. The Morgan fingerprint density at radius 2 is 1.86 bits per heavy atom. The Balaban J connectivity index is 1.46. The van der Waals surface area contributed by atoms with Gasteiger partial charge in [0.1, 0.15) is 0 Å². The molecule has 0 spiro atoms. The quantitative estimate of drug-likeness (QED) is 0.528. The first kappa shape index (κ1) is 20.2. The minimum Gasteiger partial charge on any atom is -0.452 e. The van der Waals surface area contributed by atoms with Gasteiger partial charge in [0, 0.05) is 21.7 Å². The van der Waals surface area contributed by atoms with Crippen LogP contribution in [-0.2, 0) is 15.3 Å². The van der Waals surface area contributed by atoms with E-state index in [1.54, 1.807) is 30.0 Å². The molecule has 3 rings (SSSR count). The lowest BCUT2D eigenvalue weighted by Gasteiger charge is -2.08. The van der Waals surface area contributed by atoms with E-state index in [0.29, 0.717) is 16.3 Å². The summed E-state index contributed by atoms with van der Waals surface area (Å²) in [6.45, 7) is -0.513. The zero-order valence-corrected chi connectivity index (χ0v) is 16.5. The molecule has 3 amide bonds. The number of urea groups is 1. The first-order valence-electron chi connectivity index (χ1n) is 8.74. The van der Waals surface area contributed by atoms with Crippen LogP contribution in [0.5, 0.6) is 0 Å². The van der Waals surface area contributed by atoms with Crippen molar-refractivity contribution in [2.24, 2.45) is 0 Å². The van der Waals surface area contributed by atoms with E-state index < -0.39 is 24.5 Å². The highest BCUT2D eigenvalue weighted by molar-refractivity contribution is 7.98. The molecule has 1 aliphatic rings. The summed E-state index contributed by atoms with van der Waals surface area (Å²) in [6.07, 6.45) is 1.84. The molecule has 0 bridgehead atoms. The van der Waals surface area contributed by atoms with Crippen LogP contribution in [0.2, 0.25) is 5.02 Å². The van der Waals surface area contributed by atoms with Crippen LogP contribution < -0.4 is 10.6 Å².